The summed E-state index contributed by atoms with van der Waals surface area (Å²) in [5, 5.41) is 2.91. The summed E-state index contributed by atoms with van der Waals surface area (Å²) in [5.74, 6) is -2.01. The van der Waals surface area contributed by atoms with Crippen molar-refractivity contribution in [2.75, 3.05) is 43.2 Å². The molecule has 0 aliphatic heterocycles. The van der Waals surface area contributed by atoms with E-state index in [0.29, 0.717) is 48.2 Å². The summed E-state index contributed by atoms with van der Waals surface area (Å²) in [4.78, 5) is 82.5. The summed E-state index contributed by atoms with van der Waals surface area (Å²) in [5.41, 5.74) is 14.2. The minimum atomic E-state index is -0.775. The largest absolute Gasteiger partial charge is 0.462 e. The van der Waals surface area contributed by atoms with Crippen LogP contribution in [0.4, 0.5) is 17.5 Å². The van der Waals surface area contributed by atoms with Crippen LogP contribution in [0.5, 0.6) is 0 Å². The number of carbonyl (C=O) groups excluding carboxylic acids is 5. The number of nitrogen functional groups attached to an aromatic ring is 2. The van der Waals surface area contributed by atoms with Gasteiger partial charge in [-0.2, -0.15) is 9.97 Å². The van der Waals surface area contributed by atoms with Gasteiger partial charge in [-0.1, -0.05) is 127 Å². The number of amides is 1. The van der Waals surface area contributed by atoms with Gasteiger partial charge >= 0.3 is 23.9 Å². The van der Waals surface area contributed by atoms with Crippen molar-refractivity contribution in [3.63, 3.8) is 0 Å². The van der Waals surface area contributed by atoms with E-state index in [2.05, 4.69) is 87.7 Å². The van der Waals surface area contributed by atoms with Crippen LogP contribution in [0.15, 0.2) is 91.2 Å². The van der Waals surface area contributed by atoms with Gasteiger partial charge in [0.05, 0.1) is 25.0 Å². The number of benzene rings is 1. The van der Waals surface area contributed by atoms with E-state index in [1.807, 2.05) is 24.1 Å². The minimum Gasteiger partial charge on any atom is -0.462 e. The van der Waals surface area contributed by atoms with Crippen LogP contribution >= 0.6 is 0 Å². The Morgan fingerprint density at radius 3 is 1.80 bits per heavy atom. The van der Waals surface area contributed by atoms with E-state index in [1.54, 1.807) is 25.3 Å². The van der Waals surface area contributed by atoms with E-state index >= 15 is 0 Å². The Bertz CT molecular complexity index is 2420. The van der Waals surface area contributed by atoms with Crippen LogP contribution in [0.25, 0.3) is 11.2 Å². The SMILES string of the molecule is CCCCC/C=C\C/C=C\CCCCCCCC(=O)O[C@@H](CCOC(=O)/C=C/COC(=O)CC[C@@H](C)NC(=O)c1ccc(N(C)Cc2cnc3nc(N)nc(N)c3n2)cc1)COC(=O)CCCCCC/C=C\C/C=C\CCCCCC. The van der Waals surface area contributed by atoms with Crippen LogP contribution in [-0.2, 0) is 44.7 Å². The van der Waals surface area contributed by atoms with Gasteiger partial charge in [0.25, 0.3) is 5.91 Å². The molecule has 0 aliphatic carbocycles. The third kappa shape index (κ3) is 33.4. The molecule has 3 rings (SSSR count). The third-order valence-corrected chi connectivity index (χ3v) is 13.3. The van der Waals surface area contributed by atoms with Crippen molar-refractivity contribution >= 4 is 58.4 Å². The quantitative estimate of drug-likeness (QED) is 0.0157. The van der Waals surface area contributed by atoms with Gasteiger partial charge in [-0.25, -0.2) is 14.8 Å². The smallest absolute Gasteiger partial charge is 0.330 e. The standard InChI is InChI=1S/C64H96N8O9/c1-5-7-9-11-13-15-17-19-21-23-25-27-29-31-33-36-57(74)80-50-55(81-59(76)37-34-32-30-28-26-24-22-20-18-16-14-12-10-8-6-2)45-47-79-56(73)38-35-46-78-58(75)44-39-51(3)68-63(77)52-40-42-54(43-41-52)72(4)49-53-48-67-62-60(69-53)61(65)70-64(66)71-62/h14-17,20-23,35,38,40-43,48,51,55H,5-13,18-19,24-34,36-37,39,44-47,49-50H2,1-4H3,(H,68,77)(H4,65,66,67,70,71)/b16-14-,17-15-,22-20-,23-21-,38-35+/t51-,55+/m1/s1. The first-order chi connectivity index (χ1) is 39.4. The third-order valence-electron chi connectivity index (χ3n) is 13.3. The molecule has 0 unspecified atom stereocenters. The first-order valence-electron chi connectivity index (χ1n) is 30.0. The molecule has 0 radical (unpaired) electrons. The van der Waals surface area contributed by atoms with Crippen molar-refractivity contribution in [3.8, 4) is 0 Å². The molecule has 2 aromatic heterocycles. The molecule has 1 amide bonds. The van der Waals surface area contributed by atoms with Gasteiger partial charge in [0, 0.05) is 56.1 Å². The number of ether oxygens (including phenoxy) is 4. The van der Waals surface area contributed by atoms with Gasteiger partial charge in [0.2, 0.25) is 5.95 Å². The Morgan fingerprint density at radius 1 is 0.617 bits per heavy atom. The average molecular weight is 1120 g/mol. The van der Waals surface area contributed by atoms with Crippen molar-refractivity contribution in [2.24, 2.45) is 0 Å². The molecule has 0 fully saturated rings. The number of carbonyl (C=O) groups is 5. The fourth-order valence-electron chi connectivity index (χ4n) is 8.51. The molecule has 0 saturated heterocycles. The maximum Gasteiger partial charge on any atom is 0.330 e. The number of unbranched alkanes of at least 4 members (excludes halogenated alkanes) is 16. The molecule has 17 heteroatoms. The van der Waals surface area contributed by atoms with Crippen LogP contribution < -0.4 is 21.7 Å². The highest BCUT2D eigenvalue weighted by atomic mass is 16.6. The highest BCUT2D eigenvalue weighted by Crippen LogP contribution is 2.20. The van der Waals surface area contributed by atoms with E-state index in [0.717, 1.165) is 95.2 Å². The van der Waals surface area contributed by atoms with E-state index in [1.165, 1.54) is 51.0 Å². The molecular formula is C64H96N8O9. The van der Waals surface area contributed by atoms with Gasteiger partial charge in [-0.3, -0.25) is 19.2 Å². The Hall–Kier alpha value is -6.91. The van der Waals surface area contributed by atoms with Crippen molar-refractivity contribution in [2.45, 2.75) is 213 Å². The molecule has 2 atom stereocenters. The van der Waals surface area contributed by atoms with Crippen molar-refractivity contribution < 1.29 is 42.9 Å². The zero-order chi connectivity index (χ0) is 58.6. The van der Waals surface area contributed by atoms with Crippen LogP contribution in [-0.4, -0.2) is 88.7 Å². The molecule has 0 bridgehead atoms. The van der Waals surface area contributed by atoms with Gasteiger partial charge in [-0.15, -0.1) is 0 Å². The first kappa shape index (κ1) is 68.4. The number of aromatic nitrogens is 4. The second-order valence-electron chi connectivity index (χ2n) is 20.6. The normalized spacial score (nSPS) is 12.5. The Labute approximate surface area is 483 Å². The van der Waals surface area contributed by atoms with E-state index in [4.69, 9.17) is 30.4 Å². The number of rotatable bonds is 45. The number of nitrogens with zero attached hydrogens (tertiary/aromatic N) is 5. The van der Waals surface area contributed by atoms with Gasteiger partial charge in [0.15, 0.2) is 17.0 Å². The van der Waals surface area contributed by atoms with Gasteiger partial charge in [-0.05, 0) is 121 Å². The maximum absolute atomic E-state index is 13.0. The Balaban J connectivity index is 1.34. The highest BCUT2D eigenvalue weighted by Gasteiger charge is 2.19. The predicted molar refractivity (Wildman–Crippen MR) is 324 cm³/mol. The van der Waals surface area contributed by atoms with Crippen LogP contribution in [0.1, 0.15) is 210 Å². The summed E-state index contributed by atoms with van der Waals surface area (Å²) in [6.45, 7) is 6.29. The molecule has 0 saturated carbocycles. The van der Waals surface area contributed by atoms with Crippen LogP contribution in [0.2, 0.25) is 0 Å². The fraction of sp³-hybridized carbons (Fsp3) is 0.578. The topological polar surface area (TPSA) is 241 Å². The second-order valence-corrected chi connectivity index (χ2v) is 20.6. The van der Waals surface area contributed by atoms with E-state index < -0.39 is 18.0 Å². The van der Waals surface area contributed by atoms with E-state index in [-0.39, 0.29) is 81.2 Å². The van der Waals surface area contributed by atoms with Crippen LogP contribution in [0.3, 0.4) is 0 Å². The summed E-state index contributed by atoms with van der Waals surface area (Å²) >= 11 is 0. The number of hydrogen-bond acceptors (Lipinski definition) is 16. The summed E-state index contributed by atoms with van der Waals surface area (Å²) in [7, 11) is 1.88. The lowest BCUT2D eigenvalue weighted by atomic mass is 10.1. The summed E-state index contributed by atoms with van der Waals surface area (Å²) in [6.07, 6.45) is 46.2. The predicted octanol–water partition coefficient (Wildman–Crippen LogP) is 13.2. The molecule has 1 aromatic carbocycles. The number of fused-ring (bicyclic) bond motifs is 1. The second kappa shape index (κ2) is 43.8. The minimum absolute atomic E-state index is 0.0255. The molecule has 2 heterocycles. The molecule has 3 aromatic rings. The fourth-order valence-corrected chi connectivity index (χ4v) is 8.51. The lowest BCUT2D eigenvalue weighted by Crippen LogP contribution is -2.33. The molecule has 5 N–H and O–H groups in total. The monoisotopic (exact) mass is 1120 g/mol. The number of allylic oxidation sites excluding steroid dienone is 8. The van der Waals surface area contributed by atoms with Crippen molar-refractivity contribution in [3.05, 3.63) is 102 Å². The Morgan fingerprint density at radius 2 is 1.17 bits per heavy atom. The molecule has 0 spiro atoms. The lowest BCUT2D eigenvalue weighted by molar-refractivity contribution is -0.161. The number of anilines is 3. The summed E-state index contributed by atoms with van der Waals surface area (Å²) in [6, 6.07) is 6.74. The number of esters is 4. The Kier molecular flexibility index (Phi) is 37.0. The molecular weight excluding hydrogens is 1020 g/mol. The van der Waals surface area contributed by atoms with Crippen molar-refractivity contribution in [1.29, 1.82) is 0 Å². The van der Waals surface area contributed by atoms with Crippen molar-refractivity contribution in [1.82, 2.24) is 25.3 Å². The number of nitrogens with two attached hydrogens (primary N) is 2. The number of hydrogen-bond donors (Lipinski definition) is 3. The highest BCUT2D eigenvalue weighted by molar-refractivity contribution is 5.94. The van der Waals surface area contributed by atoms with Gasteiger partial charge in [0.1, 0.15) is 19.3 Å². The van der Waals surface area contributed by atoms with E-state index in [9.17, 15) is 24.0 Å². The average Bonchev–Trinajstić information content (AvgIpc) is 3.49. The van der Waals surface area contributed by atoms with Gasteiger partial charge < -0.3 is 40.6 Å². The summed E-state index contributed by atoms with van der Waals surface area (Å²) < 4.78 is 21.9. The maximum atomic E-state index is 13.0. The lowest BCUT2D eigenvalue weighted by Gasteiger charge is -2.19. The number of nitrogens with one attached hydrogen (secondary N) is 1. The molecule has 17 nitrogen and oxygen atoms in total. The molecule has 81 heavy (non-hydrogen) atoms. The zero-order valence-electron chi connectivity index (χ0n) is 49.3. The zero-order valence-corrected chi connectivity index (χ0v) is 49.3. The molecule has 0 aliphatic rings. The van der Waals surface area contributed by atoms with Crippen LogP contribution in [0, 0.1) is 0 Å². The first-order valence-corrected chi connectivity index (χ1v) is 30.0. The molecule has 446 valence electrons.